The van der Waals surface area contributed by atoms with Crippen molar-refractivity contribution in [1.29, 1.82) is 0 Å². The van der Waals surface area contributed by atoms with Crippen LogP contribution in [0.1, 0.15) is 46.0 Å². The summed E-state index contributed by atoms with van der Waals surface area (Å²) in [5.41, 5.74) is 1.36. The van der Waals surface area contributed by atoms with Gasteiger partial charge in [-0.05, 0) is 57.5 Å². The molecule has 0 aliphatic carbocycles. The van der Waals surface area contributed by atoms with Gasteiger partial charge in [0, 0.05) is 5.69 Å². The molecule has 0 bridgehead atoms. The van der Waals surface area contributed by atoms with E-state index in [0.29, 0.717) is 17.0 Å². The Bertz CT molecular complexity index is 887. The molecule has 0 aliphatic rings. The number of esters is 2. The van der Waals surface area contributed by atoms with Crippen LogP contribution in [-0.2, 0) is 14.3 Å². The molecule has 2 rings (SSSR count). The van der Waals surface area contributed by atoms with E-state index in [4.69, 9.17) is 14.2 Å². The molecule has 0 saturated heterocycles. The number of benzene rings is 1. The van der Waals surface area contributed by atoms with Gasteiger partial charge >= 0.3 is 11.9 Å². The number of ether oxygens (including phenoxy) is 3. The molecule has 1 aromatic heterocycles. The number of aryl methyl sites for hydroxylation is 1. The molecule has 0 fully saturated rings. The molecule has 1 N–H and O–H groups in total. The quantitative estimate of drug-likeness (QED) is 0.576. The molecule has 0 saturated carbocycles. The number of rotatable bonds is 7. The summed E-state index contributed by atoms with van der Waals surface area (Å²) in [5.74, 6) is -1.93. The molecule has 28 heavy (non-hydrogen) atoms. The summed E-state index contributed by atoms with van der Waals surface area (Å²) in [5, 5.41) is 0. The third kappa shape index (κ3) is 4.57. The summed E-state index contributed by atoms with van der Waals surface area (Å²) >= 11 is 0. The number of ketones is 1. The number of aromatic nitrogens is 1. The Morgan fingerprint density at radius 2 is 1.64 bits per heavy atom. The third-order valence-corrected chi connectivity index (χ3v) is 4.19. The molecule has 0 spiro atoms. The van der Waals surface area contributed by atoms with Gasteiger partial charge in [-0.3, -0.25) is 4.79 Å². The van der Waals surface area contributed by atoms with Crippen LogP contribution in [0.4, 0.5) is 4.39 Å². The molecular formula is C20H22FNO6. The smallest absolute Gasteiger partial charge is 0.347 e. The van der Waals surface area contributed by atoms with Gasteiger partial charge in [-0.25, -0.2) is 14.0 Å². The van der Waals surface area contributed by atoms with Gasteiger partial charge in [0.15, 0.2) is 12.2 Å². The number of carbonyl (C=O) groups excluding carboxylic acids is 3. The standard InChI is InChI=1S/C20H22FNO6/c1-10-16(20(25)26-5)11(2)22-17(10)18(23)12(3)28-19(24)13(4)27-15-8-6-14(21)7-9-15/h6-9,12-13,22H,1-5H3/t12-,13+/m0/s1. The molecule has 150 valence electrons. The van der Waals surface area contributed by atoms with Crippen LogP contribution in [0, 0.1) is 19.7 Å². The predicted molar refractivity (Wildman–Crippen MR) is 98.0 cm³/mol. The van der Waals surface area contributed by atoms with Crippen molar-refractivity contribution in [3.05, 3.63) is 52.6 Å². The van der Waals surface area contributed by atoms with Crippen LogP contribution in [0.2, 0.25) is 0 Å². The molecule has 2 atom stereocenters. The lowest BCUT2D eigenvalue weighted by Gasteiger charge is -2.17. The Balaban J connectivity index is 2.06. The number of aromatic amines is 1. The topological polar surface area (TPSA) is 94.7 Å². The van der Waals surface area contributed by atoms with Crippen LogP contribution in [-0.4, -0.2) is 42.0 Å². The highest BCUT2D eigenvalue weighted by Crippen LogP contribution is 2.21. The highest BCUT2D eigenvalue weighted by molar-refractivity contribution is 6.04. The molecule has 0 amide bonds. The fraction of sp³-hybridized carbons (Fsp3) is 0.350. The number of nitrogens with one attached hydrogen (secondary N) is 1. The maximum Gasteiger partial charge on any atom is 0.347 e. The first-order chi connectivity index (χ1) is 13.1. The van der Waals surface area contributed by atoms with Crippen molar-refractivity contribution >= 4 is 17.7 Å². The largest absolute Gasteiger partial charge is 0.479 e. The zero-order valence-electron chi connectivity index (χ0n) is 16.3. The highest BCUT2D eigenvalue weighted by atomic mass is 19.1. The fourth-order valence-corrected chi connectivity index (χ4v) is 2.70. The van der Waals surface area contributed by atoms with E-state index in [1.54, 1.807) is 13.8 Å². The molecule has 0 aliphatic heterocycles. The lowest BCUT2D eigenvalue weighted by molar-refractivity contribution is -0.153. The van der Waals surface area contributed by atoms with Crippen molar-refractivity contribution in [1.82, 2.24) is 4.98 Å². The number of hydrogen-bond acceptors (Lipinski definition) is 6. The first-order valence-corrected chi connectivity index (χ1v) is 8.60. The normalized spacial score (nSPS) is 12.8. The Morgan fingerprint density at radius 3 is 2.21 bits per heavy atom. The van der Waals surface area contributed by atoms with Crippen molar-refractivity contribution in [3.63, 3.8) is 0 Å². The Kier molecular flexibility index (Phi) is 6.56. The fourth-order valence-electron chi connectivity index (χ4n) is 2.70. The van der Waals surface area contributed by atoms with Gasteiger partial charge < -0.3 is 19.2 Å². The van der Waals surface area contributed by atoms with Crippen molar-refractivity contribution in [3.8, 4) is 5.75 Å². The monoisotopic (exact) mass is 391 g/mol. The van der Waals surface area contributed by atoms with Crippen molar-refractivity contribution in [2.45, 2.75) is 39.9 Å². The minimum absolute atomic E-state index is 0.172. The Labute approximate surface area is 161 Å². The first-order valence-electron chi connectivity index (χ1n) is 8.60. The van der Waals surface area contributed by atoms with E-state index < -0.39 is 35.7 Å². The van der Waals surface area contributed by atoms with Crippen LogP contribution in [0.25, 0.3) is 0 Å². The van der Waals surface area contributed by atoms with Crippen molar-refractivity contribution in [2.75, 3.05) is 7.11 Å². The van der Waals surface area contributed by atoms with Crippen LogP contribution < -0.4 is 4.74 Å². The second-order valence-corrected chi connectivity index (χ2v) is 6.27. The van der Waals surface area contributed by atoms with Crippen molar-refractivity contribution < 1.29 is 33.0 Å². The molecule has 8 heteroatoms. The van der Waals surface area contributed by atoms with Gasteiger partial charge in [0.05, 0.1) is 18.4 Å². The predicted octanol–water partition coefficient (Wildman–Crippen LogP) is 3.14. The number of H-pyrrole nitrogens is 1. The van der Waals surface area contributed by atoms with Gasteiger partial charge in [-0.15, -0.1) is 0 Å². The lowest BCUT2D eigenvalue weighted by Crippen LogP contribution is -2.33. The number of hydrogen-bond donors (Lipinski definition) is 1. The molecule has 0 unspecified atom stereocenters. The number of methoxy groups -OCH3 is 1. The molecule has 2 aromatic rings. The minimum Gasteiger partial charge on any atom is -0.479 e. The van der Waals surface area contributed by atoms with Gasteiger partial charge in [0.25, 0.3) is 0 Å². The summed E-state index contributed by atoms with van der Waals surface area (Å²) in [7, 11) is 1.25. The van der Waals surface area contributed by atoms with Crippen LogP contribution in [0.3, 0.4) is 0 Å². The van der Waals surface area contributed by atoms with E-state index in [9.17, 15) is 18.8 Å². The van der Waals surface area contributed by atoms with E-state index >= 15 is 0 Å². The van der Waals surface area contributed by atoms with Crippen LogP contribution in [0.15, 0.2) is 24.3 Å². The van der Waals surface area contributed by atoms with E-state index in [-0.39, 0.29) is 11.3 Å². The number of carbonyl (C=O) groups is 3. The van der Waals surface area contributed by atoms with E-state index in [2.05, 4.69) is 4.98 Å². The highest BCUT2D eigenvalue weighted by Gasteiger charge is 2.29. The molecular weight excluding hydrogens is 369 g/mol. The Hall–Kier alpha value is -3.16. The number of Topliss-reactive ketones (excluding diaryl/α,β-unsaturated/α-hetero) is 1. The van der Waals surface area contributed by atoms with Gasteiger partial charge in [0.2, 0.25) is 5.78 Å². The zero-order chi connectivity index (χ0) is 21.0. The van der Waals surface area contributed by atoms with Gasteiger partial charge in [0.1, 0.15) is 11.6 Å². The molecule has 0 radical (unpaired) electrons. The SMILES string of the molecule is COC(=O)c1c(C)[nH]c(C(=O)[C@H](C)OC(=O)[C@@H](C)Oc2ccc(F)cc2)c1C. The first kappa shape index (κ1) is 21.1. The average Bonchev–Trinajstić information content (AvgIpc) is 2.96. The summed E-state index contributed by atoms with van der Waals surface area (Å²) in [4.78, 5) is 39.6. The lowest BCUT2D eigenvalue weighted by atomic mass is 10.1. The summed E-state index contributed by atoms with van der Waals surface area (Å²) in [6.45, 7) is 6.14. The van der Waals surface area contributed by atoms with E-state index in [1.165, 1.54) is 45.2 Å². The summed E-state index contributed by atoms with van der Waals surface area (Å²) in [6.07, 6.45) is -2.10. The van der Waals surface area contributed by atoms with Crippen molar-refractivity contribution in [2.24, 2.45) is 0 Å². The zero-order valence-corrected chi connectivity index (χ0v) is 16.3. The Morgan fingerprint density at radius 1 is 1.04 bits per heavy atom. The van der Waals surface area contributed by atoms with E-state index in [0.717, 1.165) is 0 Å². The maximum atomic E-state index is 12.9. The molecule has 1 heterocycles. The molecule has 1 aromatic carbocycles. The second-order valence-electron chi connectivity index (χ2n) is 6.27. The minimum atomic E-state index is -1.10. The third-order valence-electron chi connectivity index (χ3n) is 4.19. The summed E-state index contributed by atoms with van der Waals surface area (Å²) in [6, 6.07) is 5.17. The number of halogens is 1. The average molecular weight is 391 g/mol. The second kappa shape index (κ2) is 8.69. The van der Waals surface area contributed by atoms with Gasteiger partial charge in [-0.1, -0.05) is 0 Å². The maximum absolute atomic E-state index is 12.9. The van der Waals surface area contributed by atoms with E-state index in [1.807, 2.05) is 0 Å². The summed E-state index contributed by atoms with van der Waals surface area (Å²) < 4.78 is 28.2. The van der Waals surface area contributed by atoms with Crippen LogP contribution >= 0.6 is 0 Å². The molecule has 7 nitrogen and oxygen atoms in total. The van der Waals surface area contributed by atoms with Crippen LogP contribution in [0.5, 0.6) is 5.75 Å². The van der Waals surface area contributed by atoms with Gasteiger partial charge in [-0.2, -0.15) is 0 Å².